The maximum atomic E-state index is 10.7. The van der Waals surface area contributed by atoms with Gasteiger partial charge in [0.15, 0.2) is 0 Å². The van der Waals surface area contributed by atoms with Crippen LogP contribution in [0.25, 0.3) is 0 Å². The first-order valence-corrected chi connectivity index (χ1v) is 5.24. The maximum absolute atomic E-state index is 10.7. The highest BCUT2D eigenvalue weighted by atomic mass is 32.1. The third-order valence-electron chi connectivity index (χ3n) is 2.21. The van der Waals surface area contributed by atoms with Crippen LogP contribution >= 0.6 is 11.3 Å². The molecule has 0 spiro atoms. The quantitative estimate of drug-likeness (QED) is 0.695. The van der Waals surface area contributed by atoms with Gasteiger partial charge < -0.3 is 0 Å². The Balaban J connectivity index is 2.31. The molecule has 1 aromatic heterocycles. The molecule has 4 nitrogen and oxygen atoms in total. The lowest BCUT2D eigenvalue weighted by molar-refractivity contribution is -0.119. The first-order valence-electron chi connectivity index (χ1n) is 4.42. The first kappa shape index (κ1) is 9.33. The van der Waals surface area contributed by atoms with E-state index in [1.807, 2.05) is 13.8 Å². The molecule has 2 heterocycles. The Bertz CT molecular complexity index is 385. The van der Waals surface area contributed by atoms with E-state index in [1.54, 1.807) is 17.6 Å². The van der Waals surface area contributed by atoms with Crippen LogP contribution in [0.4, 0.5) is 0 Å². The lowest BCUT2D eigenvalue weighted by atomic mass is 10.2. The molecular formula is C9H11N3OS. The van der Waals surface area contributed by atoms with Crippen molar-refractivity contribution in [2.75, 3.05) is 0 Å². The van der Waals surface area contributed by atoms with E-state index in [4.69, 9.17) is 0 Å². The Hall–Kier alpha value is -1.23. The number of carbonyl (C=O) groups is 1. The summed E-state index contributed by atoms with van der Waals surface area (Å²) < 4.78 is 0. The number of aromatic nitrogens is 1. The van der Waals surface area contributed by atoms with Crippen molar-refractivity contribution in [3.05, 3.63) is 15.6 Å². The van der Waals surface area contributed by atoms with Gasteiger partial charge in [0.05, 0.1) is 21.6 Å². The molecule has 1 aromatic rings. The van der Waals surface area contributed by atoms with E-state index in [-0.39, 0.29) is 6.04 Å². The number of carbonyl (C=O) groups excluding carboxylic acids is 1. The molecule has 0 radical (unpaired) electrons. The van der Waals surface area contributed by atoms with Gasteiger partial charge in [0.25, 0.3) is 0 Å². The highest BCUT2D eigenvalue weighted by Crippen LogP contribution is 2.33. The molecule has 0 saturated carbocycles. The summed E-state index contributed by atoms with van der Waals surface area (Å²) in [7, 11) is 0. The molecule has 1 aliphatic rings. The van der Waals surface area contributed by atoms with Gasteiger partial charge >= 0.3 is 0 Å². The molecule has 2 rings (SSSR count). The smallest absolute Gasteiger partial charge is 0.230 e. The second-order valence-electron chi connectivity index (χ2n) is 3.22. The number of hydrazone groups is 1. The average Bonchev–Trinajstić information content (AvgIpc) is 2.71. The number of amides is 1. The van der Waals surface area contributed by atoms with Gasteiger partial charge in [-0.3, -0.25) is 4.79 Å². The van der Waals surface area contributed by atoms with E-state index in [2.05, 4.69) is 10.1 Å². The average molecular weight is 209 g/mol. The van der Waals surface area contributed by atoms with Gasteiger partial charge in [0, 0.05) is 12.6 Å². The highest BCUT2D eigenvalue weighted by Gasteiger charge is 2.25. The Kier molecular flexibility index (Phi) is 2.33. The fourth-order valence-corrected chi connectivity index (χ4v) is 2.65. The Morgan fingerprint density at radius 2 is 2.43 bits per heavy atom. The second-order valence-corrected chi connectivity index (χ2v) is 4.45. The molecule has 1 unspecified atom stereocenters. The van der Waals surface area contributed by atoms with Crippen molar-refractivity contribution in [3.63, 3.8) is 0 Å². The summed E-state index contributed by atoms with van der Waals surface area (Å²) >= 11 is 1.64. The number of hydrogen-bond donors (Lipinski definition) is 0. The van der Waals surface area contributed by atoms with Crippen LogP contribution in [0.2, 0.25) is 0 Å². The van der Waals surface area contributed by atoms with Crippen molar-refractivity contribution < 1.29 is 4.79 Å². The van der Waals surface area contributed by atoms with Gasteiger partial charge in [-0.05, 0) is 13.8 Å². The molecule has 74 valence electrons. The van der Waals surface area contributed by atoms with Crippen LogP contribution in [0.1, 0.15) is 28.0 Å². The predicted octanol–water partition coefficient (Wildman–Crippen LogP) is 1.65. The summed E-state index contributed by atoms with van der Waals surface area (Å²) in [6.45, 7) is 3.95. The monoisotopic (exact) mass is 209 g/mol. The fraction of sp³-hybridized carbons (Fsp3) is 0.444. The third kappa shape index (κ3) is 1.43. The molecule has 0 bridgehead atoms. The van der Waals surface area contributed by atoms with Gasteiger partial charge in [-0.1, -0.05) is 0 Å². The minimum Gasteiger partial charge on any atom is -0.277 e. The summed E-state index contributed by atoms with van der Waals surface area (Å²) in [6, 6.07) is 0.0682. The number of nitrogens with zero attached hydrogens (tertiary/aromatic N) is 3. The minimum absolute atomic E-state index is 0.0682. The summed E-state index contributed by atoms with van der Waals surface area (Å²) in [6.07, 6.45) is 3.33. The van der Waals surface area contributed by atoms with Crippen LogP contribution in [0.15, 0.2) is 5.10 Å². The van der Waals surface area contributed by atoms with Crippen LogP contribution in [-0.4, -0.2) is 22.6 Å². The molecule has 0 aliphatic carbocycles. The van der Waals surface area contributed by atoms with Crippen molar-refractivity contribution in [2.24, 2.45) is 5.10 Å². The van der Waals surface area contributed by atoms with Gasteiger partial charge in [-0.15, -0.1) is 11.3 Å². The third-order valence-corrected chi connectivity index (χ3v) is 3.39. The molecule has 1 aliphatic heterocycles. The molecule has 5 heteroatoms. The first-order chi connectivity index (χ1) is 6.72. The molecule has 0 N–H and O–H groups in total. The molecule has 14 heavy (non-hydrogen) atoms. The summed E-state index contributed by atoms with van der Waals surface area (Å²) in [5, 5.41) is 6.48. The Morgan fingerprint density at radius 1 is 1.64 bits per heavy atom. The Labute approximate surface area is 86.3 Å². The van der Waals surface area contributed by atoms with E-state index < -0.39 is 0 Å². The van der Waals surface area contributed by atoms with Crippen molar-refractivity contribution in [2.45, 2.75) is 26.3 Å². The SMILES string of the molecule is Cc1nc(C)c(C2CC=NN2C=O)s1. The zero-order valence-corrected chi connectivity index (χ0v) is 8.91. The molecule has 1 amide bonds. The van der Waals surface area contributed by atoms with Crippen molar-refractivity contribution in [1.82, 2.24) is 9.99 Å². The standard InChI is InChI=1S/C9H11N3OS/c1-6-9(14-7(2)11-6)8-3-4-10-12(8)5-13/h4-5,8H,3H2,1-2H3. The van der Waals surface area contributed by atoms with Gasteiger partial charge in [-0.2, -0.15) is 5.10 Å². The zero-order valence-electron chi connectivity index (χ0n) is 8.10. The summed E-state index contributed by atoms with van der Waals surface area (Å²) in [5.74, 6) is 0. The maximum Gasteiger partial charge on any atom is 0.230 e. The van der Waals surface area contributed by atoms with Gasteiger partial charge in [0.2, 0.25) is 6.41 Å². The largest absolute Gasteiger partial charge is 0.277 e. The number of aryl methyl sites for hydroxylation is 2. The van der Waals surface area contributed by atoms with E-state index in [9.17, 15) is 4.79 Å². The minimum atomic E-state index is 0.0682. The van der Waals surface area contributed by atoms with E-state index >= 15 is 0 Å². The van der Waals surface area contributed by atoms with E-state index in [0.29, 0.717) is 0 Å². The van der Waals surface area contributed by atoms with E-state index in [1.165, 1.54) is 5.01 Å². The summed E-state index contributed by atoms with van der Waals surface area (Å²) in [5.41, 5.74) is 1.01. The number of rotatable bonds is 2. The lowest BCUT2D eigenvalue weighted by Gasteiger charge is -2.15. The van der Waals surface area contributed by atoms with Gasteiger partial charge in [0.1, 0.15) is 0 Å². The molecule has 0 fully saturated rings. The van der Waals surface area contributed by atoms with Crippen LogP contribution in [-0.2, 0) is 4.79 Å². The second kappa shape index (κ2) is 3.49. The predicted molar refractivity (Wildman–Crippen MR) is 55.3 cm³/mol. The Morgan fingerprint density at radius 3 is 3.00 bits per heavy atom. The van der Waals surface area contributed by atoms with Crippen molar-refractivity contribution >= 4 is 24.0 Å². The van der Waals surface area contributed by atoms with Crippen molar-refractivity contribution in [1.29, 1.82) is 0 Å². The van der Waals surface area contributed by atoms with Crippen LogP contribution in [0.5, 0.6) is 0 Å². The van der Waals surface area contributed by atoms with Crippen LogP contribution in [0, 0.1) is 13.8 Å². The molecule has 0 saturated heterocycles. The van der Waals surface area contributed by atoms with Crippen LogP contribution in [0.3, 0.4) is 0 Å². The highest BCUT2D eigenvalue weighted by molar-refractivity contribution is 7.11. The zero-order chi connectivity index (χ0) is 10.1. The van der Waals surface area contributed by atoms with Gasteiger partial charge in [-0.25, -0.2) is 9.99 Å². The lowest BCUT2D eigenvalue weighted by Crippen LogP contribution is -2.17. The van der Waals surface area contributed by atoms with Crippen LogP contribution < -0.4 is 0 Å². The van der Waals surface area contributed by atoms with Crippen molar-refractivity contribution in [3.8, 4) is 0 Å². The fourth-order valence-electron chi connectivity index (χ4n) is 1.61. The molecular weight excluding hydrogens is 198 g/mol. The number of thiazole rings is 1. The normalized spacial score (nSPS) is 20.4. The van der Waals surface area contributed by atoms with E-state index in [0.717, 1.165) is 28.4 Å². The molecule has 1 atom stereocenters. The summed E-state index contributed by atoms with van der Waals surface area (Å²) in [4.78, 5) is 16.2. The number of hydrogen-bond acceptors (Lipinski definition) is 4. The molecule has 0 aromatic carbocycles. The topological polar surface area (TPSA) is 45.6 Å².